The number of carboxylic acids is 1. The number of aromatic nitrogens is 6. The summed E-state index contributed by atoms with van der Waals surface area (Å²) >= 11 is 0. The van der Waals surface area contributed by atoms with Gasteiger partial charge in [0.1, 0.15) is 17.7 Å². The Morgan fingerprint density at radius 3 is 2.56 bits per heavy atom. The predicted octanol–water partition coefficient (Wildman–Crippen LogP) is 4.13. The van der Waals surface area contributed by atoms with Gasteiger partial charge in [-0.1, -0.05) is 17.7 Å². The second-order valence-electron chi connectivity index (χ2n) is 10.9. The molecule has 41 heavy (non-hydrogen) atoms. The highest BCUT2D eigenvalue weighted by atomic mass is 32.2. The summed E-state index contributed by atoms with van der Waals surface area (Å²) in [5, 5.41) is 18.2. The number of anilines is 1. The van der Waals surface area contributed by atoms with E-state index in [9.17, 15) is 22.7 Å². The van der Waals surface area contributed by atoms with Crippen molar-refractivity contribution in [1.82, 2.24) is 28.5 Å². The van der Waals surface area contributed by atoms with Gasteiger partial charge in [-0.3, -0.25) is 4.79 Å². The van der Waals surface area contributed by atoms with E-state index in [0.717, 1.165) is 41.4 Å². The molecule has 0 radical (unpaired) electrons. The molecule has 8 rings (SSSR count). The summed E-state index contributed by atoms with van der Waals surface area (Å²) in [6, 6.07) is 7.28. The van der Waals surface area contributed by atoms with Gasteiger partial charge in [0.2, 0.25) is 0 Å². The Labute approximate surface area is 234 Å². The molecule has 4 aromatic heterocycles. The third-order valence-electron chi connectivity index (χ3n) is 8.49. The second-order valence-corrected chi connectivity index (χ2v) is 12.7. The summed E-state index contributed by atoms with van der Waals surface area (Å²) in [7, 11) is -4.09. The van der Waals surface area contributed by atoms with Crippen LogP contribution in [0.25, 0.3) is 27.9 Å². The molecular formula is C28H26FN7O4S. The van der Waals surface area contributed by atoms with E-state index in [1.807, 2.05) is 6.92 Å². The van der Waals surface area contributed by atoms with Gasteiger partial charge in [-0.15, -0.1) is 5.10 Å². The highest BCUT2D eigenvalue weighted by Crippen LogP contribution is 2.46. The SMILES string of the molecule is Cc1ccc(S(=O)(=O)n2cc(-c3nc(N[C@H]4C5CCC(CC5)[C@@H]4C(=O)O)c4cncn4n3)c3cc(F)cnc32)cc1. The van der Waals surface area contributed by atoms with Crippen LogP contribution < -0.4 is 5.32 Å². The number of nitrogens with one attached hydrogen (secondary N) is 1. The number of pyridine rings is 1. The summed E-state index contributed by atoms with van der Waals surface area (Å²) in [6.45, 7) is 1.86. The largest absolute Gasteiger partial charge is 0.481 e. The molecule has 0 spiro atoms. The average Bonchev–Trinajstić information content (AvgIpc) is 3.59. The minimum atomic E-state index is -4.09. The van der Waals surface area contributed by atoms with Crippen LogP contribution in [0.5, 0.6) is 0 Å². The van der Waals surface area contributed by atoms with Crippen molar-refractivity contribution < 1.29 is 22.7 Å². The smallest absolute Gasteiger partial charge is 0.308 e. The lowest BCUT2D eigenvalue weighted by atomic mass is 9.61. The van der Waals surface area contributed by atoms with Gasteiger partial charge in [0.15, 0.2) is 17.3 Å². The zero-order valence-corrected chi connectivity index (χ0v) is 22.8. The van der Waals surface area contributed by atoms with Crippen molar-refractivity contribution in [2.24, 2.45) is 17.8 Å². The van der Waals surface area contributed by atoms with Gasteiger partial charge in [-0.25, -0.2) is 36.2 Å². The molecule has 3 aliphatic rings. The molecular weight excluding hydrogens is 549 g/mol. The molecule has 2 atom stereocenters. The van der Waals surface area contributed by atoms with E-state index >= 15 is 0 Å². The molecule has 2 bridgehead atoms. The van der Waals surface area contributed by atoms with Crippen molar-refractivity contribution in [2.75, 3.05) is 5.32 Å². The first kappa shape index (κ1) is 25.6. The minimum Gasteiger partial charge on any atom is -0.481 e. The van der Waals surface area contributed by atoms with Crippen molar-refractivity contribution in [3.8, 4) is 11.4 Å². The molecule has 1 aromatic carbocycles. The lowest BCUT2D eigenvalue weighted by Crippen LogP contribution is -2.51. The molecule has 210 valence electrons. The lowest BCUT2D eigenvalue weighted by Gasteiger charge is -2.47. The van der Waals surface area contributed by atoms with Crippen molar-refractivity contribution in [3.63, 3.8) is 0 Å². The summed E-state index contributed by atoms with van der Waals surface area (Å²) in [5.74, 6) is -1.26. The number of carboxylic acid groups (broad SMARTS) is 1. The number of hydrogen-bond acceptors (Lipinski definition) is 8. The van der Waals surface area contributed by atoms with Crippen molar-refractivity contribution >= 4 is 38.4 Å². The summed E-state index contributed by atoms with van der Waals surface area (Å²) in [4.78, 5) is 25.4. The zero-order chi connectivity index (χ0) is 28.5. The van der Waals surface area contributed by atoms with E-state index < -0.39 is 27.7 Å². The van der Waals surface area contributed by atoms with Gasteiger partial charge in [0.25, 0.3) is 10.0 Å². The van der Waals surface area contributed by atoms with E-state index in [4.69, 9.17) is 4.98 Å². The predicted molar refractivity (Wildman–Crippen MR) is 147 cm³/mol. The zero-order valence-electron chi connectivity index (χ0n) is 22.0. The molecule has 3 saturated carbocycles. The van der Waals surface area contributed by atoms with Gasteiger partial charge < -0.3 is 10.4 Å². The highest BCUT2D eigenvalue weighted by Gasteiger charge is 2.47. The fourth-order valence-electron chi connectivity index (χ4n) is 6.46. The molecule has 2 N–H and O–H groups in total. The number of hydrogen-bond donors (Lipinski definition) is 2. The molecule has 3 aliphatic carbocycles. The standard InChI is InChI=1S/C28H26FN7O4S/c1-15-2-8-19(9-3-15)41(39,40)36-13-21(20-10-18(29)11-31-27(20)36)25-33-26(22-12-30-14-35(22)34-25)32-24-17-6-4-16(5-7-17)23(24)28(37)38/h2-3,8-14,16-17,23-24H,4-7H2,1H3,(H,37,38)(H,32,33,34)/t16?,17?,23-,24-/m0/s1. The molecule has 3 fully saturated rings. The lowest BCUT2D eigenvalue weighted by molar-refractivity contribution is -0.148. The van der Waals surface area contributed by atoms with Crippen LogP contribution in [0.4, 0.5) is 10.2 Å². The number of halogens is 1. The van der Waals surface area contributed by atoms with Gasteiger partial charge >= 0.3 is 5.97 Å². The summed E-state index contributed by atoms with van der Waals surface area (Å²) in [6.07, 6.45) is 9.03. The van der Waals surface area contributed by atoms with Gasteiger partial charge in [0, 0.05) is 23.2 Å². The molecule has 13 heteroatoms. The van der Waals surface area contributed by atoms with Crippen LogP contribution in [0.15, 0.2) is 60.1 Å². The number of carbonyl (C=O) groups is 1. The Morgan fingerprint density at radius 2 is 1.83 bits per heavy atom. The third-order valence-corrected chi connectivity index (χ3v) is 10.2. The Morgan fingerprint density at radius 1 is 1.10 bits per heavy atom. The van der Waals surface area contributed by atoms with Crippen molar-refractivity contribution in [2.45, 2.75) is 43.5 Å². The van der Waals surface area contributed by atoms with E-state index in [1.165, 1.54) is 35.2 Å². The topological polar surface area (TPSA) is 144 Å². The van der Waals surface area contributed by atoms with Crippen LogP contribution in [-0.2, 0) is 14.8 Å². The molecule has 0 amide bonds. The van der Waals surface area contributed by atoms with Crippen molar-refractivity contribution in [3.05, 3.63) is 66.6 Å². The monoisotopic (exact) mass is 575 g/mol. The first-order valence-electron chi connectivity index (χ1n) is 13.4. The molecule has 0 unspecified atom stereocenters. The molecule has 11 nitrogen and oxygen atoms in total. The maximum Gasteiger partial charge on any atom is 0.308 e. The fraction of sp³-hybridized carbons (Fsp3) is 0.321. The van der Waals surface area contributed by atoms with Crippen LogP contribution in [0.3, 0.4) is 0 Å². The second kappa shape index (κ2) is 9.33. The number of fused-ring (bicyclic) bond motifs is 5. The van der Waals surface area contributed by atoms with E-state index in [0.29, 0.717) is 11.3 Å². The Balaban J connectivity index is 1.38. The maximum atomic E-state index is 14.5. The number of rotatable bonds is 6. The number of benzene rings is 1. The summed E-state index contributed by atoms with van der Waals surface area (Å²) in [5.41, 5.74) is 1.72. The van der Waals surface area contributed by atoms with Crippen LogP contribution >= 0.6 is 0 Å². The van der Waals surface area contributed by atoms with E-state index in [1.54, 1.807) is 18.3 Å². The molecule has 4 heterocycles. The number of nitrogens with zero attached hydrogens (tertiary/aromatic N) is 6. The van der Waals surface area contributed by atoms with Gasteiger partial charge in [-0.05, 0) is 62.6 Å². The van der Waals surface area contributed by atoms with E-state index in [2.05, 4.69) is 20.4 Å². The van der Waals surface area contributed by atoms with Crippen LogP contribution in [0.1, 0.15) is 31.2 Å². The third kappa shape index (κ3) is 4.14. The van der Waals surface area contributed by atoms with E-state index in [-0.39, 0.29) is 45.2 Å². The van der Waals surface area contributed by atoms with Crippen LogP contribution in [0, 0.1) is 30.5 Å². The normalized spacial score (nSPS) is 22.4. The van der Waals surface area contributed by atoms with Crippen LogP contribution in [-0.4, -0.2) is 54.1 Å². The number of aliphatic carboxylic acids is 1. The quantitative estimate of drug-likeness (QED) is 0.305. The molecule has 0 saturated heterocycles. The molecule has 0 aliphatic heterocycles. The molecule has 5 aromatic rings. The average molecular weight is 576 g/mol. The van der Waals surface area contributed by atoms with Crippen molar-refractivity contribution in [1.29, 1.82) is 0 Å². The van der Waals surface area contributed by atoms with Gasteiger partial charge in [0.05, 0.1) is 23.2 Å². The Hall–Kier alpha value is -4.39. The maximum absolute atomic E-state index is 14.5. The summed E-state index contributed by atoms with van der Waals surface area (Å²) < 4.78 is 44.3. The van der Waals surface area contributed by atoms with Crippen LogP contribution in [0.2, 0.25) is 0 Å². The first-order chi connectivity index (χ1) is 19.7. The fourth-order valence-corrected chi connectivity index (χ4v) is 7.78. The highest BCUT2D eigenvalue weighted by molar-refractivity contribution is 7.90. The number of imidazole rings is 1. The first-order valence-corrected chi connectivity index (χ1v) is 14.8. The Bertz CT molecular complexity index is 1930. The minimum absolute atomic E-state index is 0.0290. The van der Waals surface area contributed by atoms with Gasteiger partial charge in [-0.2, -0.15) is 0 Å². The Kier molecular flexibility index (Phi) is 5.82. The number of aryl methyl sites for hydroxylation is 1.